The molecule has 1 spiro atoms. The molecule has 2 aliphatic heterocycles. The molecule has 0 amide bonds. The van der Waals surface area contributed by atoms with Gasteiger partial charge in [-0.1, -0.05) is 11.6 Å². The average Bonchev–Trinajstić information content (AvgIpc) is 3.32. The number of aryl methyl sites for hydroxylation is 1. The van der Waals surface area contributed by atoms with E-state index in [4.69, 9.17) is 30.2 Å². The summed E-state index contributed by atoms with van der Waals surface area (Å²) in [7, 11) is -3.86. The zero-order chi connectivity index (χ0) is 21.2. The van der Waals surface area contributed by atoms with Crippen LogP contribution in [0, 0.1) is 6.92 Å². The number of halogens is 1. The topological polar surface area (TPSA) is 112 Å². The molecule has 164 valence electrons. The number of nitrogens with zero attached hydrogens (tertiary/aromatic N) is 1. The molecular weight excluding hydrogens is 434 g/mol. The number of aromatic nitrogens is 1. The number of sulfonamides is 1. The van der Waals surface area contributed by atoms with Crippen molar-refractivity contribution in [3.8, 4) is 0 Å². The van der Waals surface area contributed by atoms with Gasteiger partial charge in [0.1, 0.15) is 22.6 Å². The van der Waals surface area contributed by atoms with Crippen molar-refractivity contribution in [3.63, 3.8) is 0 Å². The molecular formula is C19H24ClN3O6S. The first-order valence-corrected chi connectivity index (χ1v) is 11.5. The maximum Gasteiger partial charge on any atom is 0.244 e. The highest BCUT2D eigenvalue weighted by molar-refractivity contribution is 7.89. The number of hydrogen-bond donors (Lipinski definition) is 2. The number of pyridine rings is 1. The van der Waals surface area contributed by atoms with Gasteiger partial charge in [-0.2, -0.15) is 0 Å². The summed E-state index contributed by atoms with van der Waals surface area (Å²) in [4.78, 5) is 4.14. The van der Waals surface area contributed by atoms with Gasteiger partial charge in [0, 0.05) is 37.7 Å². The van der Waals surface area contributed by atoms with E-state index < -0.39 is 15.8 Å². The van der Waals surface area contributed by atoms with Gasteiger partial charge in [-0.15, -0.1) is 0 Å². The van der Waals surface area contributed by atoms with Gasteiger partial charge in [0.15, 0.2) is 5.79 Å². The van der Waals surface area contributed by atoms with Crippen molar-refractivity contribution in [2.24, 2.45) is 0 Å². The Kier molecular flexibility index (Phi) is 6.33. The summed E-state index contributed by atoms with van der Waals surface area (Å²) in [5.41, 5.74) is 0.721. The maximum absolute atomic E-state index is 12.9. The summed E-state index contributed by atoms with van der Waals surface area (Å²) in [6, 6.07) is 3.13. The van der Waals surface area contributed by atoms with Crippen LogP contribution in [0.1, 0.15) is 24.2 Å². The Balaban J connectivity index is 1.42. The first-order valence-electron chi connectivity index (χ1n) is 9.68. The lowest BCUT2D eigenvalue weighted by Crippen LogP contribution is -2.38. The molecule has 2 aromatic rings. The molecule has 0 saturated carbocycles. The highest BCUT2D eigenvalue weighted by Crippen LogP contribution is 2.33. The smallest absolute Gasteiger partial charge is 0.244 e. The van der Waals surface area contributed by atoms with Crippen LogP contribution >= 0.6 is 11.6 Å². The lowest BCUT2D eigenvalue weighted by atomic mass is 10.1. The van der Waals surface area contributed by atoms with E-state index in [9.17, 15) is 8.42 Å². The van der Waals surface area contributed by atoms with Gasteiger partial charge < -0.3 is 23.9 Å². The lowest BCUT2D eigenvalue weighted by Gasteiger charge is -2.31. The second-order valence-electron chi connectivity index (χ2n) is 7.35. The van der Waals surface area contributed by atoms with Crippen LogP contribution in [0.25, 0.3) is 0 Å². The molecule has 0 aliphatic carbocycles. The number of anilines is 1. The molecule has 1 unspecified atom stereocenters. The fraction of sp³-hybridized carbons (Fsp3) is 0.526. The summed E-state index contributed by atoms with van der Waals surface area (Å²) in [5, 5.41) is 3.29. The third-order valence-corrected chi connectivity index (χ3v) is 6.65. The number of ether oxygens (including phenoxy) is 3. The van der Waals surface area contributed by atoms with Crippen molar-refractivity contribution in [3.05, 3.63) is 40.9 Å². The summed E-state index contributed by atoms with van der Waals surface area (Å²) in [6.45, 7) is 3.85. The van der Waals surface area contributed by atoms with Crippen molar-refractivity contribution in [1.29, 1.82) is 0 Å². The van der Waals surface area contributed by atoms with Gasteiger partial charge in [-0.05, 0) is 19.1 Å². The van der Waals surface area contributed by atoms with Crippen molar-refractivity contribution in [2.45, 2.75) is 43.1 Å². The second-order valence-corrected chi connectivity index (χ2v) is 9.52. The van der Waals surface area contributed by atoms with Crippen molar-refractivity contribution in [1.82, 2.24) is 9.71 Å². The molecule has 9 nitrogen and oxygen atoms in total. The van der Waals surface area contributed by atoms with E-state index in [1.54, 1.807) is 13.0 Å². The molecule has 1 atom stereocenters. The molecule has 2 aromatic heterocycles. The molecule has 30 heavy (non-hydrogen) atoms. The minimum atomic E-state index is -3.86. The van der Waals surface area contributed by atoms with Crippen LogP contribution in [-0.4, -0.2) is 51.7 Å². The number of rotatable bonds is 7. The summed E-state index contributed by atoms with van der Waals surface area (Å²) in [6.07, 6.45) is 4.04. The molecule has 2 fully saturated rings. The fourth-order valence-electron chi connectivity index (χ4n) is 3.48. The molecule has 4 heterocycles. The third-order valence-electron chi connectivity index (χ3n) is 5.03. The predicted octanol–water partition coefficient (Wildman–Crippen LogP) is 2.45. The first-order chi connectivity index (χ1) is 14.4. The number of nitrogens with one attached hydrogen (secondary N) is 2. The van der Waals surface area contributed by atoms with E-state index >= 15 is 0 Å². The Morgan fingerprint density at radius 3 is 2.83 bits per heavy atom. The standard InChI is InChI=1S/C19H24ClN3O6S/c1-13-6-14(11-27-13)8-23-30(24,25)17-7-15(20)9-21-18(17)22-10-16-12-28-19(29-16)2-4-26-5-3-19/h6-7,9,11,16,23H,2-5,8,10,12H2,1H3,(H,21,22). The maximum atomic E-state index is 12.9. The molecule has 2 saturated heterocycles. The predicted molar refractivity (Wildman–Crippen MR) is 109 cm³/mol. The van der Waals surface area contributed by atoms with Gasteiger partial charge >= 0.3 is 0 Å². The lowest BCUT2D eigenvalue weighted by molar-refractivity contribution is -0.209. The van der Waals surface area contributed by atoms with E-state index in [1.807, 2.05) is 0 Å². The van der Waals surface area contributed by atoms with Gasteiger partial charge in [0.05, 0.1) is 31.1 Å². The van der Waals surface area contributed by atoms with E-state index in [0.717, 1.165) is 5.56 Å². The Morgan fingerprint density at radius 1 is 1.30 bits per heavy atom. The Morgan fingerprint density at radius 2 is 2.10 bits per heavy atom. The Labute approximate surface area is 180 Å². The summed E-state index contributed by atoms with van der Waals surface area (Å²) in [5.74, 6) is 0.306. The minimum absolute atomic E-state index is 0.0325. The van der Waals surface area contributed by atoms with Crippen LogP contribution in [0.4, 0.5) is 5.82 Å². The van der Waals surface area contributed by atoms with Crippen LogP contribution in [0.3, 0.4) is 0 Å². The van der Waals surface area contributed by atoms with Crippen LogP contribution in [-0.2, 0) is 30.8 Å². The van der Waals surface area contributed by atoms with Gasteiger partial charge in [-0.3, -0.25) is 0 Å². The van der Waals surface area contributed by atoms with Crippen LogP contribution in [0.2, 0.25) is 5.02 Å². The van der Waals surface area contributed by atoms with Crippen LogP contribution < -0.4 is 10.0 Å². The Bertz CT molecular complexity index is 990. The SMILES string of the molecule is Cc1cc(CNS(=O)(=O)c2cc(Cl)cnc2NCC2COC3(CCOCC3)O2)co1. The summed E-state index contributed by atoms with van der Waals surface area (Å²) < 4.78 is 50.8. The normalized spacial score (nSPS) is 21.2. The molecule has 2 aliphatic rings. The number of furan rings is 1. The third kappa shape index (κ3) is 4.96. The number of hydrogen-bond acceptors (Lipinski definition) is 8. The largest absolute Gasteiger partial charge is 0.469 e. The first kappa shape index (κ1) is 21.5. The van der Waals surface area contributed by atoms with Gasteiger partial charge in [-0.25, -0.2) is 18.1 Å². The Hall–Kier alpha value is -1.69. The van der Waals surface area contributed by atoms with E-state index in [1.165, 1.54) is 18.5 Å². The molecule has 0 radical (unpaired) electrons. The zero-order valence-electron chi connectivity index (χ0n) is 16.5. The van der Waals surface area contributed by atoms with Crippen molar-refractivity contribution < 1.29 is 27.0 Å². The molecule has 0 bridgehead atoms. The summed E-state index contributed by atoms with van der Waals surface area (Å²) >= 11 is 6.01. The second kappa shape index (κ2) is 8.81. The fourth-order valence-corrected chi connectivity index (χ4v) is 4.87. The van der Waals surface area contributed by atoms with E-state index in [0.29, 0.717) is 45.0 Å². The highest BCUT2D eigenvalue weighted by atomic mass is 35.5. The van der Waals surface area contributed by atoms with Gasteiger partial charge in [0.25, 0.3) is 0 Å². The van der Waals surface area contributed by atoms with E-state index in [2.05, 4.69) is 15.0 Å². The van der Waals surface area contributed by atoms with Crippen molar-refractivity contribution in [2.75, 3.05) is 31.7 Å². The highest BCUT2D eigenvalue weighted by Gasteiger charge is 2.42. The quantitative estimate of drug-likeness (QED) is 0.652. The van der Waals surface area contributed by atoms with Crippen LogP contribution in [0.5, 0.6) is 0 Å². The van der Waals surface area contributed by atoms with E-state index in [-0.39, 0.29) is 28.4 Å². The molecule has 2 N–H and O–H groups in total. The molecule has 11 heteroatoms. The zero-order valence-corrected chi connectivity index (χ0v) is 18.1. The molecule has 4 rings (SSSR count). The minimum Gasteiger partial charge on any atom is -0.469 e. The van der Waals surface area contributed by atoms with Crippen LogP contribution in [0.15, 0.2) is 33.9 Å². The molecule has 0 aromatic carbocycles. The van der Waals surface area contributed by atoms with Crippen molar-refractivity contribution >= 4 is 27.4 Å². The van der Waals surface area contributed by atoms with Gasteiger partial charge in [0.2, 0.25) is 10.0 Å². The monoisotopic (exact) mass is 457 g/mol. The average molecular weight is 458 g/mol.